The van der Waals surface area contributed by atoms with Gasteiger partial charge in [0, 0.05) is 0 Å². The van der Waals surface area contributed by atoms with E-state index < -0.39 is 0 Å². The molecule has 0 heterocycles. The van der Waals surface area contributed by atoms with Crippen molar-refractivity contribution in [1.29, 1.82) is 0 Å². The van der Waals surface area contributed by atoms with Gasteiger partial charge in [0.2, 0.25) is 0 Å². The Morgan fingerprint density at radius 2 is 1.91 bits per heavy atom. The number of methoxy groups -OCH3 is 1. The van der Waals surface area contributed by atoms with Crippen LogP contribution in [0.5, 0.6) is 0 Å². The fourth-order valence-electron chi connectivity index (χ4n) is 6.23. The van der Waals surface area contributed by atoms with Crippen LogP contribution < -0.4 is 0 Å². The number of carbonyl (C=O) groups excluding carboxylic acids is 1. The molecule has 2 nitrogen and oxygen atoms in total. The largest absolute Gasteiger partial charge is 0.469 e. The van der Waals surface area contributed by atoms with Gasteiger partial charge in [-0.25, -0.2) is 0 Å². The van der Waals surface area contributed by atoms with E-state index in [1.807, 2.05) is 0 Å². The van der Waals surface area contributed by atoms with Crippen LogP contribution in [0.25, 0.3) is 0 Å². The van der Waals surface area contributed by atoms with Gasteiger partial charge in [0.25, 0.3) is 0 Å². The van der Waals surface area contributed by atoms with Gasteiger partial charge in [0.15, 0.2) is 0 Å². The van der Waals surface area contributed by atoms with E-state index in [0.29, 0.717) is 5.92 Å². The molecule has 1 saturated carbocycles. The van der Waals surface area contributed by atoms with Gasteiger partial charge < -0.3 is 4.74 Å². The predicted molar refractivity (Wildman–Crippen MR) is 94.0 cm³/mol. The quantitative estimate of drug-likeness (QED) is 0.495. The Bertz CT molecular complexity index is 518. The molecule has 4 atom stereocenters. The Labute approximate surface area is 142 Å². The van der Waals surface area contributed by atoms with Crippen LogP contribution in [0.2, 0.25) is 0 Å². The topological polar surface area (TPSA) is 26.3 Å². The Morgan fingerprint density at radius 3 is 2.57 bits per heavy atom. The number of hydrogen-bond donors (Lipinski definition) is 0. The lowest BCUT2D eigenvalue weighted by Gasteiger charge is -2.56. The lowest BCUT2D eigenvalue weighted by atomic mass is 9.48. The van der Waals surface area contributed by atoms with E-state index in [1.165, 1.54) is 38.5 Å². The number of allylic oxidation sites excluding steroid dienone is 2. The Hall–Kier alpha value is -0.790. The minimum absolute atomic E-state index is 0.0216. The fraction of sp³-hybridized carbons (Fsp3) is 0.857. The van der Waals surface area contributed by atoms with Crippen molar-refractivity contribution < 1.29 is 9.53 Å². The highest BCUT2D eigenvalue weighted by Crippen LogP contribution is 2.62. The van der Waals surface area contributed by atoms with Crippen molar-refractivity contribution in [1.82, 2.24) is 0 Å². The van der Waals surface area contributed by atoms with Gasteiger partial charge in [-0.1, -0.05) is 38.3 Å². The van der Waals surface area contributed by atoms with Crippen LogP contribution in [0.3, 0.4) is 0 Å². The van der Waals surface area contributed by atoms with E-state index in [-0.39, 0.29) is 16.8 Å². The first-order valence-electron chi connectivity index (χ1n) is 9.62. The molecule has 3 aliphatic carbocycles. The second kappa shape index (κ2) is 5.93. The van der Waals surface area contributed by atoms with Crippen LogP contribution in [-0.2, 0) is 9.53 Å². The summed E-state index contributed by atoms with van der Waals surface area (Å²) >= 11 is 0. The van der Waals surface area contributed by atoms with Crippen molar-refractivity contribution in [2.24, 2.45) is 28.6 Å². The molecule has 0 aromatic heterocycles. The molecule has 1 fully saturated rings. The molecule has 23 heavy (non-hydrogen) atoms. The molecular formula is C21H34O2. The van der Waals surface area contributed by atoms with E-state index in [1.54, 1.807) is 18.3 Å². The average molecular weight is 319 g/mol. The molecule has 0 aromatic carbocycles. The van der Waals surface area contributed by atoms with E-state index >= 15 is 0 Å². The van der Waals surface area contributed by atoms with Crippen molar-refractivity contribution in [3.8, 4) is 0 Å². The molecule has 130 valence electrons. The highest BCUT2D eigenvalue weighted by Gasteiger charge is 2.56. The van der Waals surface area contributed by atoms with Crippen molar-refractivity contribution in [3.63, 3.8) is 0 Å². The molecule has 0 radical (unpaired) electrons. The Balaban J connectivity index is 1.95. The number of hydrogen-bond acceptors (Lipinski definition) is 2. The minimum Gasteiger partial charge on any atom is -0.469 e. The average Bonchev–Trinajstić information content (AvgIpc) is 2.53. The maximum atomic E-state index is 12.5. The molecule has 0 amide bonds. The lowest BCUT2D eigenvalue weighted by Crippen LogP contribution is -2.51. The van der Waals surface area contributed by atoms with Crippen molar-refractivity contribution in [2.75, 3.05) is 7.11 Å². The molecule has 0 aromatic rings. The lowest BCUT2D eigenvalue weighted by molar-refractivity contribution is -0.163. The third-order valence-corrected chi connectivity index (χ3v) is 7.65. The highest BCUT2D eigenvalue weighted by atomic mass is 16.5. The maximum absolute atomic E-state index is 12.5. The zero-order chi connectivity index (χ0) is 16.8. The Morgan fingerprint density at radius 1 is 1.17 bits per heavy atom. The highest BCUT2D eigenvalue weighted by molar-refractivity contribution is 5.77. The fourth-order valence-corrected chi connectivity index (χ4v) is 6.23. The van der Waals surface area contributed by atoms with Gasteiger partial charge in [-0.3, -0.25) is 4.79 Å². The summed E-state index contributed by atoms with van der Waals surface area (Å²) in [4.78, 5) is 12.5. The van der Waals surface area contributed by atoms with Crippen molar-refractivity contribution in [3.05, 3.63) is 11.1 Å². The first kappa shape index (κ1) is 17.0. The summed E-state index contributed by atoms with van der Waals surface area (Å²) in [6, 6.07) is 0. The van der Waals surface area contributed by atoms with Gasteiger partial charge in [0.05, 0.1) is 12.5 Å². The summed E-state index contributed by atoms with van der Waals surface area (Å²) in [5.41, 5.74) is 3.44. The summed E-state index contributed by atoms with van der Waals surface area (Å²) in [6.45, 7) is 9.38. The van der Waals surface area contributed by atoms with Gasteiger partial charge in [0.1, 0.15) is 0 Å². The molecule has 2 heteroatoms. The zero-order valence-corrected chi connectivity index (χ0v) is 15.7. The summed E-state index contributed by atoms with van der Waals surface area (Å²) < 4.78 is 5.22. The second-order valence-corrected chi connectivity index (χ2v) is 9.10. The summed E-state index contributed by atoms with van der Waals surface area (Å²) in [7, 11) is 1.56. The molecule has 0 aliphatic heterocycles. The molecular weight excluding hydrogens is 284 g/mol. The van der Waals surface area contributed by atoms with E-state index in [9.17, 15) is 4.79 Å². The molecule has 0 spiro atoms. The van der Waals surface area contributed by atoms with Gasteiger partial charge in [-0.15, -0.1) is 0 Å². The number of rotatable bonds is 2. The second-order valence-electron chi connectivity index (χ2n) is 9.10. The first-order chi connectivity index (χ1) is 10.8. The van der Waals surface area contributed by atoms with Gasteiger partial charge in [-0.2, -0.15) is 0 Å². The molecule has 0 bridgehead atoms. The van der Waals surface area contributed by atoms with E-state index in [0.717, 1.165) is 24.7 Å². The first-order valence-corrected chi connectivity index (χ1v) is 9.62. The smallest absolute Gasteiger partial charge is 0.311 e. The Kier molecular flexibility index (Phi) is 4.40. The normalized spacial score (nSPS) is 40.6. The summed E-state index contributed by atoms with van der Waals surface area (Å²) in [6.07, 6.45) is 9.72. The number of carbonyl (C=O) groups is 1. The van der Waals surface area contributed by atoms with Crippen LogP contribution >= 0.6 is 0 Å². The monoisotopic (exact) mass is 318 g/mol. The summed E-state index contributed by atoms with van der Waals surface area (Å²) in [5.74, 6) is 2.14. The third-order valence-electron chi connectivity index (χ3n) is 7.65. The van der Waals surface area contributed by atoms with Crippen molar-refractivity contribution in [2.45, 2.75) is 79.1 Å². The predicted octanol–water partition coefficient (Wildman–Crippen LogP) is 5.52. The van der Waals surface area contributed by atoms with E-state index in [2.05, 4.69) is 27.7 Å². The molecule has 0 N–H and O–H groups in total. The molecule has 3 rings (SSSR count). The molecule has 3 aliphatic rings. The SMILES string of the molecule is COC(=O)C1(C)CCCC2(C)C3=C(CCC12)CC(C(C)C)CC3. The standard InChI is InChI=1S/C21H34O2/c1-14(2)15-7-9-17-16(13-15)8-10-18-20(17,3)11-6-12-21(18,4)19(22)23-5/h14-15,18H,6-13H2,1-5H3. The van der Waals surface area contributed by atoms with Gasteiger partial charge >= 0.3 is 5.97 Å². The number of fused-ring (bicyclic) bond motifs is 2. The van der Waals surface area contributed by atoms with E-state index in [4.69, 9.17) is 4.74 Å². The van der Waals surface area contributed by atoms with Gasteiger partial charge in [-0.05, 0) is 75.0 Å². The van der Waals surface area contributed by atoms with Crippen LogP contribution in [0.1, 0.15) is 79.1 Å². The maximum Gasteiger partial charge on any atom is 0.311 e. The summed E-state index contributed by atoms with van der Waals surface area (Å²) in [5, 5.41) is 0. The van der Waals surface area contributed by atoms with Crippen LogP contribution in [-0.4, -0.2) is 13.1 Å². The zero-order valence-electron chi connectivity index (χ0n) is 15.7. The van der Waals surface area contributed by atoms with Crippen molar-refractivity contribution >= 4 is 5.97 Å². The van der Waals surface area contributed by atoms with Crippen LogP contribution in [0.4, 0.5) is 0 Å². The number of ether oxygens (including phenoxy) is 1. The minimum atomic E-state index is -0.283. The third kappa shape index (κ3) is 2.57. The van der Waals surface area contributed by atoms with Crippen LogP contribution in [0.15, 0.2) is 11.1 Å². The number of esters is 1. The van der Waals surface area contributed by atoms with Crippen LogP contribution in [0, 0.1) is 28.6 Å². The molecule has 4 unspecified atom stereocenters. The molecule has 0 saturated heterocycles.